The Morgan fingerprint density at radius 2 is 2.16 bits per heavy atom. The topological polar surface area (TPSA) is 110 Å². The summed E-state index contributed by atoms with van der Waals surface area (Å²) in [5.41, 5.74) is 8.19. The summed E-state index contributed by atoms with van der Waals surface area (Å²) < 4.78 is 22.2. The van der Waals surface area contributed by atoms with Crippen LogP contribution in [0.15, 0.2) is 36.5 Å². The van der Waals surface area contributed by atoms with Crippen LogP contribution in [0.3, 0.4) is 0 Å². The van der Waals surface area contributed by atoms with Gasteiger partial charge in [0.2, 0.25) is 0 Å². The van der Waals surface area contributed by atoms with Crippen LogP contribution in [0.25, 0.3) is 21.8 Å². The van der Waals surface area contributed by atoms with Gasteiger partial charge >= 0.3 is 0 Å². The summed E-state index contributed by atoms with van der Waals surface area (Å²) in [6.07, 6.45) is 1.59. The third-order valence-electron chi connectivity index (χ3n) is 5.71. The number of carbonyl (C=O) groups is 1. The molecule has 0 bridgehead atoms. The lowest BCUT2D eigenvalue weighted by atomic mass is 10.0. The summed E-state index contributed by atoms with van der Waals surface area (Å²) in [5, 5.41) is 14.5. The number of likely N-dealkylation sites (N-methyl/N-ethyl adjacent to an activating group) is 1. The van der Waals surface area contributed by atoms with E-state index in [1.54, 1.807) is 43.2 Å². The van der Waals surface area contributed by atoms with Gasteiger partial charge in [-0.1, -0.05) is 6.07 Å². The van der Waals surface area contributed by atoms with Gasteiger partial charge in [-0.25, -0.2) is 9.37 Å². The molecule has 154 valence electrons. The van der Waals surface area contributed by atoms with Crippen molar-refractivity contribution in [2.45, 2.75) is 6.04 Å². The molecule has 8 nitrogen and oxygen atoms in total. The van der Waals surface area contributed by atoms with Crippen LogP contribution in [0.1, 0.15) is 27.5 Å². The number of nitrogens with zero attached hydrogens (tertiary/aromatic N) is 5. The van der Waals surface area contributed by atoms with Crippen LogP contribution in [-0.4, -0.2) is 39.2 Å². The minimum atomic E-state index is -0.684. The van der Waals surface area contributed by atoms with Crippen LogP contribution in [0.2, 0.25) is 0 Å². The molecule has 2 aromatic heterocycles. The number of pyridine rings is 1. The van der Waals surface area contributed by atoms with E-state index >= 15 is 0 Å². The zero-order valence-corrected chi connectivity index (χ0v) is 16.8. The van der Waals surface area contributed by atoms with Gasteiger partial charge < -0.3 is 15.4 Å². The van der Waals surface area contributed by atoms with E-state index in [0.717, 1.165) is 5.56 Å². The number of rotatable bonds is 2. The number of aryl methyl sites for hydroxylation is 1. The number of anilines is 1. The van der Waals surface area contributed by atoms with Gasteiger partial charge in [0, 0.05) is 31.1 Å². The van der Waals surface area contributed by atoms with E-state index < -0.39 is 17.8 Å². The summed E-state index contributed by atoms with van der Waals surface area (Å²) in [6, 6.07) is 9.45. The number of nitrogens with two attached hydrogens (primary N) is 1. The number of nitriles is 1. The molecule has 2 N–H and O–H groups in total. The molecule has 1 aliphatic heterocycles. The van der Waals surface area contributed by atoms with Crippen LogP contribution >= 0.6 is 0 Å². The molecule has 5 rings (SSSR count). The van der Waals surface area contributed by atoms with Gasteiger partial charge in [0.1, 0.15) is 24.0 Å². The standard InChI is InChI=1S/C22H17FN6O2/c1-28(18-10-31-19-5-11(8-24)3-4-12(18)19)22(30)13-6-14-17(7-16(13)23)27-21(25)15-9-26-29(2)20(14)15/h3-7,9,18H,10H2,1-2H3,(H2,25,27)/t18-/m1/s1. The Morgan fingerprint density at radius 1 is 1.35 bits per heavy atom. The summed E-state index contributed by atoms with van der Waals surface area (Å²) in [6.45, 7) is 0.228. The highest BCUT2D eigenvalue weighted by atomic mass is 19.1. The average Bonchev–Trinajstić information content (AvgIpc) is 3.36. The van der Waals surface area contributed by atoms with Crippen LogP contribution in [0.5, 0.6) is 5.75 Å². The number of aromatic nitrogens is 3. The number of hydrogen-bond acceptors (Lipinski definition) is 6. The van der Waals surface area contributed by atoms with Gasteiger partial charge in [-0.2, -0.15) is 10.4 Å². The van der Waals surface area contributed by atoms with Crippen molar-refractivity contribution in [3.05, 3.63) is 59.0 Å². The minimum Gasteiger partial charge on any atom is -0.491 e. The summed E-state index contributed by atoms with van der Waals surface area (Å²) in [7, 11) is 3.36. The van der Waals surface area contributed by atoms with E-state index in [1.807, 2.05) is 0 Å². The molecule has 1 amide bonds. The molecule has 0 fully saturated rings. The first-order valence-corrected chi connectivity index (χ1v) is 9.53. The normalized spacial score (nSPS) is 15.0. The summed E-state index contributed by atoms with van der Waals surface area (Å²) in [4.78, 5) is 19.0. The van der Waals surface area contributed by atoms with E-state index in [2.05, 4.69) is 16.2 Å². The lowest BCUT2D eigenvalue weighted by Gasteiger charge is -2.24. The van der Waals surface area contributed by atoms with Crippen molar-refractivity contribution < 1.29 is 13.9 Å². The highest BCUT2D eigenvalue weighted by Crippen LogP contribution is 2.37. The lowest BCUT2D eigenvalue weighted by Crippen LogP contribution is -2.32. The Bertz CT molecular complexity index is 1440. The average molecular weight is 416 g/mol. The Morgan fingerprint density at radius 3 is 2.94 bits per heavy atom. The maximum Gasteiger partial charge on any atom is 0.257 e. The summed E-state index contributed by atoms with van der Waals surface area (Å²) in [5.74, 6) is -0.365. The van der Waals surface area contributed by atoms with E-state index in [9.17, 15) is 9.18 Å². The van der Waals surface area contributed by atoms with Crippen molar-refractivity contribution in [3.8, 4) is 11.8 Å². The van der Waals surface area contributed by atoms with Crippen LogP contribution < -0.4 is 10.5 Å². The van der Waals surface area contributed by atoms with Crippen molar-refractivity contribution in [1.82, 2.24) is 19.7 Å². The van der Waals surface area contributed by atoms with Crippen molar-refractivity contribution in [2.75, 3.05) is 19.4 Å². The predicted molar refractivity (Wildman–Crippen MR) is 112 cm³/mol. The molecule has 1 aliphatic rings. The summed E-state index contributed by atoms with van der Waals surface area (Å²) >= 11 is 0. The molecule has 0 saturated carbocycles. The van der Waals surface area contributed by atoms with Gasteiger partial charge in [-0.15, -0.1) is 0 Å². The van der Waals surface area contributed by atoms with E-state index in [4.69, 9.17) is 15.7 Å². The van der Waals surface area contributed by atoms with Crippen LogP contribution in [0, 0.1) is 17.1 Å². The van der Waals surface area contributed by atoms with Gasteiger partial charge in [-0.3, -0.25) is 9.48 Å². The third kappa shape index (κ3) is 2.76. The number of halogens is 1. The van der Waals surface area contributed by atoms with Gasteiger partial charge in [0.05, 0.1) is 45.9 Å². The molecule has 2 aromatic carbocycles. The highest BCUT2D eigenvalue weighted by Gasteiger charge is 2.32. The van der Waals surface area contributed by atoms with Crippen molar-refractivity contribution in [2.24, 2.45) is 7.05 Å². The Hall–Kier alpha value is -4.19. The fourth-order valence-corrected chi connectivity index (χ4v) is 4.06. The quantitative estimate of drug-likeness (QED) is 0.538. The molecular formula is C22H17FN6O2. The molecule has 3 heterocycles. The molecule has 0 saturated heterocycles. The fourth-order valence-electron chi connectivity index (χ4n) is 4.06. The molecule has 0 radical (unpaired) electrons. The first-order valence-electron chi connectivity index (χ1n) is 9.53. The lowest BCUT2D eigenvalue weighted by molar-refractivity contribution is 0.0704. The third-order valence-corrected chi connectivity index (χ3v) is 5.71. The van der Waals surface area contributed by atoms with Crippen molar-refractivity contribution in [1.29, 1.82) is 5.26 Å². The molecule has 0 spiro atoms. The molecule has 4 aromatic rings. The number of hydrogen-bond donors (Lipinski definition) is 1. The second kappa shape index (κ2) is 6.67. The van der Waals surface area contributed by atoms with Gasteiger partial charge in [0.25, 0.3) is 5.91 Å². The fraction of sp³-hybridized carbons (Fsp3) is 0.182. The second-order valence-corrected chi connectivity index (χ2v) is 7.48. The number of fused-ring (bicyclic) bond motifs is 4. The van der Waals surface area contributed by atoms with E-state index in [-0.39, 0.29) is 18.0 Å². The SMILES string of the molecule is CN(C(=O)c1cc2c(cc1F)nc(N)c1cnn(C)c12)[C@@H]1COc2cc(C#N)ccc21. The first-order chi connectivity index (χ1) is 14.9. The molecule has 0 aliphatic carbocycles. The zero-order valence-electron chi connectivity index (χ0n) is 16.8. The van der Waals surface area contributed by atoms with Crippen molar-refractivity contribution in [3.63, 3.8) is 0 Å². The Balaban J connectivity index is 1.58. The van der Waals surface area contributed by atoms with E-state index in [1.165, 1.54) is 17.0 Å². The first kappa shape index (κ1) is 18.8. The molecule has 9 heteroatoms. The molecule has 1 atom stereocenters. The highest BCUT2D eigenvalue weighted by molar-refractivity contribution is 6.10. The maximum atomic E-state index is 15.0. The van der Waals surface area contributed by atoms with E-state index in [0.29, 0.717) is 33.1 Å². The Labute approximate surface area is 176 Å². The largest absolute Gasteiger partial charge is 0.491 e. The predicted octanol–water partition coefficient (Wildman–Crippen LogP) is 2.92. The van der Waals surface area contributed by atoms with Crippen LogP contribution in [0.4, 0.5) is 10.2 Å². The number of carbonyl (C=O) groups excluding carboxylic acids is 1. The number of nitrogen functional groups attached to an aromatic ring is 1. The van der Waals surface area contributed by atoms with Crippen molar-refractivity contribution >= 4 is 33.5 Å². The molecular weight excluding hydrogens is 399 g/mol. The zero-order chi connectivity index (χ0) is 21.9. The smallest absolute Gasteiger partial charge is 0.257 e. The molecule has 31 heavy (non-hydrogen) atoms. The monoisotopic (exact) mass is 416 g/mol. The number of amides is 1. The maximum absolute atomic E-state index is 15.0. The van der Waals surface area contributed by atoms with Gasteiger partial charge in [0.15, 0.2) is 0 Å². The minimum absolute atomic E-state index is 0.0776. The number of benzene rings is 2. The molecule has 0 unspecified atom stereocenters. The second-order valence-electron chi connectivity index (χ2n) is 7.48. The van der Waals surface area contributed by atoms with Gasteiger partial charge in [-0.05, 0) is 18.2 Å². The number of ether oxygens (including phenoxy) is 1. The van der Waals surface area contributed by atoms with Crippen LogP contribution in [-0.2, 0) is 7.05 Å². The Kier molecular flexibility index (Phi) is 4.05.